The van der Waals surface area contributed by atoms with E-state index in [-0.39, 0.29) is 29.6 Å². The minimum absolute atomic E-state index is 0. The van der Waals surface area contributed by atoms with Crippen LogP contribution < -0.4 is 29.6 Å². The molecule has 0 spiro atoms. The van der Waals surface area contributed by atoms with E-state index in [4.69, 9.17) is 11.6 Å². The predicted molar refractivity (Wildman–Crippen MR) is 25.6 cm³/mol. The van der Waals surface area contributed by atoms with E-state index in [0.717, 1.165) is 12.3 Å². The van der Waals surface area contributed by atoms with Crippen LogP contribution in [-0.4, -0.2) is 5.88 Å². The summed E-state index contributed by atoms with van der Waals surface area (Å²) in [4.78, 5) is 0. The first kappa shape index (κ1) is 10.3. The molecule has 0 heterocycles. The molecule has 0 nitrogen and oxygen atoms in total. The van der Waals surface area contributed by atoms with Crippen molar-refractivity contribution >= 4 is 11.6 Å². The summed E-state index contributed by atoms with van der Waals surface area (Å²) in [6.45, 7) is 2.13. The molecule has 0 amide bonds. The molecule has 0 bridgehead atoms. The van der Waals surface area contributed by atoms with Crippen LogP contribution >= 0.6 is 11.6 Å². The minimum Gasteiger partial charge on any atom is -0.127 e. The molecule has 32 valence electrons. The van der Waals surface area contributed by atoms with E-state index in [1.165, 1.54) is 6.42 Å². The van der Waals surface area contributed by atoms with Crippen LogP contribution in [0.4, 0.5) is 0 Å². The second-order valence-corrected chi connectivity index (χ2v) is 1.42. The van der Waals surface area contributed by atoms with Crippen LogP contribution in [0.1, 0.15) is 19.8 Å². The molecule has 0 aromatic rings. The van der Waals surface area contributed by atoms with Crippen LogP contribution in [0.25, 0.3) is 0 Å². The molecular formula is C4H9ClNa+. The van der Waals surface area contributed by atoms with Crippen LogP contribution in [0.2, 0.25) is 0 Å². The summed E-state index contributed by atoms with van der Waals surface area (Å²) >= 11 is 5.30. The number of rotatable bonds is 2. The van der Waals surface area contributed by atoms with Gasteiger partial charge in [-0.05, 0) is 6.42 Å². The third kappa shape index (κ3) is 8.99. The number of hydrogen-bond acceptors (Lipinski definition) is 0. The molecule has 0 aliphatic carbocycles. The molecule has 2 heteroatoms. The summed E-state index contributed by atoms with van der Waals surface area (Å²) in [5.41, 5.74) is 0. The van der Waals surface area contributed by atoms with E-state index >= 15 is 0 Å². The first-order chi connectivity index (χ1) is 2.41. The number of hydrogen-bond donors (Lipinski definition) is 0. The third-order valence-electron chi connectivity index (χ3n) is 0.487. The second kappa shape index (κ2) is 9.56. The first-order valence-corrected chi connectivity index (χ1v) is 2.51. The molecular weight excluding hydrogens is 106 g/mol. The molecule has 0 saturated heterocycles. The largest absolute Gasteiger partial charge is 1.00 e. The summed E-state index contributed by atoms with van der Waals surface area (Å²) < 4.78 is 0. The van der Waals surface area contributed by atoms with Gasteiger partial charge in [-0.3, -0.25) is 0 Å². The van der Waals surface area contributed by atoms with Crippen molar-refractivity contribution in [3.63, 3.8) is 0 Å². The SMILES string of the molecule is CCCCCl.[Na+]. The topological polar surface area (TPSA) is 0 Å². The van der Waals surface area contributed by atoms with Crippen LogP contribution in [0.15, 0.2) is 0 Å². The Balaban J connectivity index is 0. The predicted octanol–water partition coefficient (Wildman–Crippen LogP) is -0.971. The zero-order valence-corrected chi connectivity index (χ0v) is 7.26. The molecule has 0 N–H and O–H groups in total. The van der Waals surface area contributed by atoms with Gasteiger partial charge in [0.1, 0.15) is 0 Å². The average molecular weight is 116 g/mol. The molecule has 0 aromatic carbocycles. The van der Waals surface area contributed by atoms with E-state index in [1.54, 1.807) is 0 Å². The standard InChI is InChI=1S/C4H9Cl.Na/c1-2-3-4-5;/h2-4H2,1H3;/q;+1. The van der Waals surface area contributed by atoms with Crippen LogP contribution in [0.3, 0.4) is 0 Å². The number of unbranched alkanes of at least 4 members (excludes halogenated alkanes) is 1. The fourth-order valence-electron chi connectivity index (χ4n) is 0.134. The Bertz CT molecular complexity index is 15.0. The molecule has 0 aliphatic rings. The van der Waals surface area contributed by atoms with E-state index in [1.807, 2.05) is 0 Å². The van der Waals surface area contributed by atoms with E-state index in [0.29, 0.717) is 0 Å². The Morgan fingerprint density at radius 1 is 1.50 bits per heavy atom. The van der Waals surface area contributed by atoms with Gasteiger partial charge in [0.15, 0.2) is 0 Å². The van der Waals surface area contributed by atoms with Gasteiger partial charge in [-0.1, -0.05) is 13.3 Å². The Morgan fingerprint density at radius 3 is 2.00 bits per heavy atom. The second-order valence-electron chi connectivity index (χ2n) is 1.04. The average Bonchev–Trinajstić information content (AvgIpc) is 1.41. The van der Waals surface area contributed by atoms with Gasteiger partial charge in [0.2, 0.25) is 0 Å². The summed E-state index contributed by atoms with van der Waals surface area (Å²) in [5, 5.41) is 0. The minimum atomic E-state index is 0. The van der Waals surface area contributed by atoms with Crippen LogP contribution in [0.5, 0.6) is 0 Å². The van der Waals surface area contributed by atoms with Crippen molar-refractivity contribution in [2.24, 2.45) is 0 Å². The van der Waals surface area contributed by atoms with Crippen molar-refractivity contribution in [3.8, 4) is 0 Å². The summed E-state index contributed by atoms with van der Waals surface area (Å²) in [5.74, 6) is 0.816. The van der Waals surface area contributed by atoms with Gasteiger partial charge in [0, 0.05) is 5.88 Å². The summed E-state index contributed by atoms with van der Waals surface area (Å²) in [6, 6.07) is 0. The van der Waals surface area contributed by atoms with Gasteiger partial charge in [0.25, 0.3) is 0 Å². The normalized spacial score (nSPS) is 7.00. The monoisotopic (exact) mass is 115 g/mol. The molecule has 0 aliphatic heterocycles. The van der Waals surface area contributed by atoms with Crippen molar-refractivity contribution < 1.29 is 29.6 Å². The number of halogens is 1. The molecule has 0 aromatic heterocycles. The van der Waals surface area contributed by atoms with Crippen molar-refractivity contribution in [1.29, 1.82) is 0 Å². The quantitative estimate of drug-likeness (QED) is 0.321. The van der Waals surface area contributed by atoms with Crippen LogP contribution in [-0.2, 0) is 0 Å². The van der Waals surface area contributed by atoms with Crippen molar-refractivity contribution in [3.05, 3.63) is 0 Å². The van der Waals surface area contributed by atoms with Gasteiger partial charge in [-0.2, -0.15) is 0 Å². The van der Waals surface area contributed by atoms with Gasteiger partial charge < -0.3 is 0 Å². The fourth-order valence-corrected chi connectivity index (χ4v) is 0.401. The Hall–Kier alpha value is 1.29. The van der Waals surface area contributed by atoms with Crippen LogP contribution in [0, 0.1) is 0 Å². The Morgan fingerprint density at radius 2 is 2.00 bits per heavy atom. The third-order valence-corrected chi connectivity index (χ3v) is 0.754. The molecule has 0 saturated carbocycles. The fraction of sp³-hybridized carbons (Fsp3) is 1.00. The maximum atomic E-state index is 5.30. The molecule has 0 fully saturated rings. The summed E-state index contributed by atoms with van der Waals surface area (Å²) in [7, 11) is 0. The zero-order chi connectivity index (χ0) is 4.12. The van der Waals surface area contributed by atoms with E-state index in [2.05, 4.69) is 6.92 Å². The van der Waals surface area contributed by atoms with Gasteiger partial charge >= 0.3 is 29.6 Å². The van der Waals surface area contributed by atoms with E-state index < -0.39 is 0 Å². The molecule has 0 atom stereocenters. The van der Waals surface area contributed by atoms with Crippen molar-refractivity contribution in [2.75, 3.05) is 5.88 Å². The van der Waals surface area contributed by atoms with Gasteiger partial charge in [0.05, 0.1) is 0 Å². The number of alkyl halides is 1. The van der Waals surface area contributed by atoms with E-state index in [9.17, 15) is 0 Å². The smallest absolute Gasteiger partial charge is 0.127 e. The Labute approximate surface area is 66.6 Å². The zero-order valence-electron chi connectivity index (χ0n) is 4.50. The summed E-state index contributed by atoms with van der Waals surface area (Å²) in [6.07, 6.45) is 2.37. The van der Waals surface area contributed by atoms with Gasteiger partial charge in [-0.25, -0.2) is 0 Å². The maximum absolute atomic E-state index is 5.30. The van der Waals surface area contributed by atoms with Crippen molar-refractivity contribution in [1.82, 2.24) is 0 Å². The molecule has 0 radical (unpaired) electrons. The molecule has 6 heavy (non-hydrogen) atoms. The molecule has 0 rings (SSSR count). The first-order valence-electron chi connectivity index (χ1n) is 1.97. The van der Waals surface area contributed by atoms with Gasteiger partial charge in [-0.15, -0.1) is 11.6 Å². The molecule has 0 unspecified atom stereocenters. The Kier molecular flexibility index (Phi) is 16.4. The van der Waals surface area contributed by atoms with Crippen molar-refractivity contribution in [2.45, 2.75) is 19.8 Å². The maximum Gasteiger partial charge on any atom is 1.00 e.